The lowest BCUT2D eigenvalue weighted by Gasteiger charge is -2.14. The van der Waals surface area contributed by atoms with Crippen molar-refractivity contribution in [2.75, 3.05) is 0 Å². The highest BCUT2D eigenvalue weighted by atomic mass is 79.9. The first-order valence-corrected chi connectivity index (χ1v) is 6.36. The molecule has 2 aromatic rings. The Labute approximate surface area is 101 Å². The molecular weight excluding hydrogens is 268 g/mol. The minimum Gasteiger partial charge on any atom is -0.346 e. The summed E-state index contributed by atoms with van der Waals surface area (Å²) in [6.07, 6.45) is 6.82. The average molecular weight is 281 g/mol. The number of H-pyrrole nitrogens is 1. The maximum absolute atomic E-state index is 7.93. The van der Waals surface area contributed by atoms with E-state index < -0.39 is 0 Å². The van der Waals surface area contributed by atoms with Crippen LogP contribution in [-0.2, 0) is 0 Å². The van der Waals surface area contributed by atoms with Crippen LogP contribution in [-0.4, -0.2) is 14.8 Å². The standard InChI is InChI=1S/C11H13BrN4/c12-10-9(13)8-5-6-14-11(8)16(15-10)7-3-1-2-4-7/h5-7,13-14H,1-4H2. The molecule has 1 aliphatic rings. The molecule has 0 radical (unpaired) electrons. The zero-order valence-corrected chi connectivity index (χ0v) is 10.4. The second-order valence-electron chi connectivity index (χ2n) is 4.29. The van der Waals surface area contributed by atoms with Gasteiger partial charge in [-0.2, -0.15) is 5.10 Å². The molecule has 0 saturated heterocycles. The van der Waals surface area contributed by atoms with E-state index in [1.807, 2.05) is 16.9 Å². The van der Waals surface area contributed by atoms with E-state index in [2.05, 4.69) is 26.0 Å². The van der Waals surface area contributed by atoms with E-state index in [0.717, 1.165) is 11.0 Å². The van der Waals surface area contributed by atoms with Gasteiger partial charge >= 0.3 is 0 Å². The van der Waals surface area contributed by atoms with Gasteiger partial charge in [0.25, 0.3) is 0 Å². The van der Waals surface area contributed by atoms with Gasteiger partial charge in [-0.25, -0.2) is 4.68 Å². The molecule has 16 heavy (non-hydrogen) atoms. The summed E-state index contributed by atoms with van der Waals surface area (Å²) < 4.78 is 2.68. The monoisotopic (exact) mass is 280 g/mol. The Hall–Kier alpha value is -1.10. The summed E-state index contributed by atoms with van der Waals surface area (Å²) in [7, 11) is 0. The minimum absolute atomic E-state index is 0.463. The van der Waals surface area contributed by atoms with Crippen LogP contribution in [0.15, 0.2) is 16.9 Å². The molecule has 0 aliphatic heterocycles. The second kappa shape index (κ2) is 3.73. The number of aromatic amines is 1. The van der Waals surface area contributed by atoms with E-state index in [0.29, 0.717) is 16.0 Å². The third-order valence-electron chi connectivity index (χ3n) is 3.30. The number of fused-ring (bicyclic) bond motifs is 1. The van der Waals surface area contributed by atoms with Crippen molar-refractivity contribution < 1.29 is 0 Å². The third-order valence-corrected chi connectivity index (χ3v) is 3.85. The zero-order chi connectivity index (χ0) is 11.1. The van der Waals surface area contributed by atoms with Gasteiger partial charge in [0, 0.05) is 11.6 Å². The van der Waals surface area contributed by atoms with Crippen LogP contribution < -0.4 is 5.36 Å². The normalized spacial score (nSPS) is 17.3. The minimum atomic E-state index is 0.463. The number of nitrogens with zero attached hydrogens (tertiary/aromatic N) is 2. The summed E-state index contributed by atoms with van der Waals surface area (Å²) in [4.78, 5) is 3.19. The lowest BCUT2D eigenvalue weighted by molar-refractivity contribution is 0.468. The lowest BCUT2D eigenvalue weighted by Crippen LogP contribution is -2.17. The fraction of sp³-hybridized carbons (Fsp3) is 0.455. The molecule has 1 saturated carbocycles. The first-order chi connectivity index (χ1) is 7.77. The van der Waals surface area contributed by atoms with Crippen molar-refractivity contribution in [3.8, 4) is 0 Å². The van der Waals surface area contributed by atoms with Gasteiger partial charge < -0.3 is 4.98 Å². The van der Waals surface area contributed by atoms with Crippen molar-refractivity contribution in [1.82, 2.24) is 14.8 Å². The molecule has 3 rings (SSSR count). The predicted molar refractivity (Wildman–Crippen MR) is 65.1 cm³/mol. The van der Waals surface area contributed by atoms with Crippen LogP contribution >= 0.6 is 15.9 Å². The largest absolute Gasteiger partial charge is 0.346 e. The Balaban J connectivity index is 2.27. The van der Waals surface area contributed by atoms with Crippen molar-refractivity contribution in [3.63, 3.8) is 0 Å². The summed E-state index contributed by atoms with van der Waals surface area (Å²) in [6.45, 7) is 0. The Kier molecular flexibility index (Phi) is 2.35. The smallest absolute Gasteiger partial charge is 0.152 e. The van der Waals surface area contributed by atoms with Crippen molar-refractivity contribution >= 4 is 27.0 Å². The lowest BCUT2D eigenvalue weighted by atomic mass is 10.2. The molecule has 2 N–H and O–H groups in total. The maximum Gasteiger partial charge on any atom is 0.152 e. The second-order valence-corrected chi connectivity index (χ2v) is 5.04. The van der Waals surface area contributed by atoms with E-state index in [-0.39, 0.29) is 0 Å². The Bertz CT molecular complexity index is 577. The van der Waals surface area contributed by atoms with E-state index in [9.17, 15) is 0 Å². The van der Waals surface area contributed by atoms with Gasteiger partial charge in [-0.15, -0.1) is 0 Å². The molecule has 84 valence electrons. The van der Waals surface area contributed by atoms with Gasteiger partial charge in [0.15, 0.2) is 4.60 Å². The highest BCUT2D eigenvalue weighted by Crippen LogP contribution is 2.30. The van der Waals surface area contributed by atoms with Crippen LogP contribution in [0.4, 0.5) is 0 Å². The van der Waals surface area contributed by atoms with Crippen molar-refractivity contribution in [2.45, 2.75) is 31.7 Å². The molecule has 0 unspecified atom stereocenters. The molecule has 1 aliphatic carbocycles. The summed E-state index contributed by atoms with van der Waals surface area (Å²) in [5, 5.41) is 13.8. The Morgan fingerprint density at radius 1 is 1.44 bits per heavy atom. The van der Waals surface area contributed by atoms with Crippen molar-refractivity contribution in [3.05, 3.63) is 22.2 Å². The molecule has 2 aromatic heterocycles. The number of aromatic nitrogens is 3. The summed E-state index contributed by atoms with van der Waals surface area (Å²) >= 11 is 3.37. The molecule has 2 heterocycles. The highest BCUT2D eigenvalue weighted by Gasteiger charge is 2.20. The van der Waals surface area contributed by atoms with Gasteiger partial charge in [0.1, 0.15) is 5.65 Å². The molecule has 5 heteroatoms. The molecule has 4 nitrogen and oxygen atoms in total. The average Bonchev–Trinajstić information content (AvgIpc) is 2.93. The quantitative estimate of drug-likeness (QED) is 0.829. The van der Waals surface area contributed by atoms with Gasteiger partial charge in [-0.1, -0.05) is 12.8 Å². The molecule has 1 fully saturated rings. The van der Waals surface area contributed by atoms with Crippen LogP contribution in [0.2, 0.25) is 0 Å². The number of hydrogen-bond donors (Lipinski definition) is 2. The third kappa shape index (κ3) is 1.42. The fourth-order valence-corrected chi connectivity index (χ4v) is 2.86. The number of nitrogens with one attached hydrogen (secondary N) is 2. The number of hydrogen-bond acceptors (Lipinski definition) is 2. The molecule has 0 amide bonds. The molecular formula is C11H13BrN4. The number of rotatable bonds is 1. The predicted octanol–water partition coefficient (Wildman–Crippen LogP) is 2.72. The first-order valence-electron chi connectivity index (χ1n) is 5.57. The Morgan fingerprint density at radius 2 is 2.19 bits per heavy atom. The highest BCUT2D eigenvalue weighted by molar-refractivity contribution is 9.10. The van der Waals surface area contributed by atoms with Gasteiger partial charge in [-0.3, -0.25) is 5.41 Å². The van der Waals surface area contributed by atoms with Crippen molar-refractivity contribution in [1.29, 1.82) is 5.41 Å². The summed E-state index contributed by atoms with van der Waals surface area (Å²) in [5.41, 5.74) is 0.972. The molecule has 0 spiro atoms. The van der Waals surface area contributed by atoms with Crippen LogP contribution in [0.1, 0.15) is 31.7 Å². The molecule has 0 bridgehead atoms. The van der Waals surface area contributed by atoms with E-state index in [1.54, 1.807) is 0 Å². The van der Waals surface area contributed by atoms with Gasteiger partial charge in [0.2, 0.25) is 0 Å². The zero-order valence-electron chi connectivity index (χ0n) is 8.83. The van der Waals surface area contributed by atoms with Crippen LogP contribution in [0, 0.1) is 5.41 Å². The SMILES string of the molecule is N=c1c(Br)nn(C2CCCC2)c2[nH]ccc12. The van der Waals surface area contributed by atoms with Crippen molar-refractivity contribution in [2.24, 2.45) is 0 Å². The summed E-state index contributed by atoms with van der Waals surface area (Å²) in [5.74, 6) is 0. The maximum atomic E-state index is 7.93. The summed E-state index contributed by atoms with van der Waals surface area (Å²) in [6, 6.07) is 2.42. The van der Waals surface area contributed by atoms with Crippen LogP contribution in [0.3, 0.4) is 0 Å². The van der Waals surface area contributed by atoms with Crippen LogP contribution in [0.5, 0.6) is 0 Å². The molecule has 0 aromatic carbocycles. The van der Waals surface area contributed by atoms with E-state index in [1.165, 1.54) is 25.7 Å². The number of halogens is 1. The fourth-order valence-electron chi connectivity index (χ4n) is 2.47. The molecule has 0 atom stereocenters. The van der Waals surface area contributed by atoms with E-state index >= 15 is 0 Å². The van der Waals surface area contributed by atoms with Gasteiger partial charge in [0.05, 0.1) is 11.4 Å². The van der Waals surface area contributed by atoms with Gasteiger partial charge in [-0.05, 0) is 34.8 Å². The van der Waals surface area contributed by atoms with E-state index in [4.69, 9.17) is 5.41 Å². The first kappa shape index (κ1) is 10.1. The van der Waals surface area contributed by atoms with Crippen LogP contribution in [0.25, 0.3) is 11.0 Å². The topological polar surface area (TPSA) is 57.5 Å². The Morgan fingerprint density at radius 3 is 2.94 bits per heavy atom.